The van der Waals surface area contributed by atoms with E-state index in [4.69, 9.17) is 20.0 Å². The number of carboxylic acid groups (broad SMARTS) is 1. The first-order chi connectivity index (χ1) is 11.7. The smallest absolute Gasteiger partial charge is 0.413 e. The first-order valence-corrected chi connectivity index (χ1v) is 7.98. The van der Waals surface area contributed by atoms with Crippen molar-refractivity contribution < 1.29 is 24.2 Å². The molecule has 1 aliphatic heterocycles. The zero-order valence-electron chi connectivity index (χ0n) is 14.5. The van der Waals surface area contributed by atoms with Crippen LogP contribution in [0.5, 0.6) is 5.75 Å². The van der Waals surface area contributed by atoms with Gasteiger partial charge in [-0.05, 0) is 45.4 Å². The quantitative estimate of drug-likeness (QED) is 0.492. The molecule has 8 heteroatoms. The van der Waals surface area contributed by atoms with Gasteiger partial charge in [-0.25, -0.2) is 9.59 Å². The molecular weight excluding hydrogens is 326 g/mol. The Morgan fingerprint density at radius 2 is 2.12 bits per heavy atom. The minimum absolute atomic E-state index is 0.0381. The summed E-state index contributed by atoms with van der Waals surface area (Å²) in [6.07, 6.45) is -1.15. The van der Waals surface area contributed by atoms with Crippen molar-refractivity contribution in [1.29, 1.82) is 5.41 Å². The van der Waals surface area contributed by atoms with Crippen LogP contribution in [-0.4, -0.2) is 41.9 Å². The number of amidine groups is 1. The van der Waals surface area contributed by atoms with Crippen LogP contribution in [0.4, 0.5) is 9.59 Å². The lowest BCUT2D eigenvalue weighted by atomic mass is 9.96. The van der Waals surface area contributed by atoms with Crippen molar-refractivity contribution in [3.05, 3.63) is 29.3 Å². The van der Waals surface area contributed by atoms with E-state index in [0.717, 1.165) is 5.56 Å². The number of rotatable bonds is 4. The molecule has 136 valence electrons. The monoisotopic (exact) mass is 349 g/mol. The van der Waals surface area contributed by atoms with Crippen molar-refractivity contribution in [2.45, 2.75) is 38.7 Å². The Morgan fingerprint density at radius 1 is 1.40 bits per heavy atom. The highest BCUT2D eigenvalue weighted by Crippen LogP contribution is 2.36. The molecule has 1 aromatic carbocycles. The SMILES string of the molecule is CC(C)(C)OC(=O)NC(=N)c1ccc2c(c1)C(CCNC(=O)O)CO2. The largest absolute Gasteiger partial charge is 0.493 e. The third kappa shape index (κ3) is 5.37. The predicted molar refractivity (Wildman–Crippen MR) is 91.5 cm³/mol. The molecule has 1 aromatic rings. The summed E-state index contributed by atoms with van der Waals surface area (Å²) in [5.41, 5.74) is 0.796. The highest BCUT2D eigenvalue weighted by Gasteiger charge is 2.25. The van der Waals surface area contributed by atoms with Crippen LogP contribution >= 0.6 is 0 Å². The molecule has 1 unspecified atom stereocenters. The van der Waals surface area contributed by atoms with Crippen molar-refractivity contribution in [1.82, 2.24) is 10.6 Å². The van der Waals surface area contributed by atoms with Gasteiger partial charge in [0.2, 0.25) is 0 Å². The lowest BCUT2D eigenvalue weighted by molar-refractivity contribution is 0.0563. The Hall–Kier alpha value is -2.77. The van der Waals surface area contributed by atoms with Gasteiger partial charge in [-0.2, -0.15) is 0 Å². The molecule has 0 radical (unpaired) electrons. The molecule has 1 atom stereocenters. The average molecular weight is 349 g/mol. The predicted octanol–water partition coefficient (Wildman–Crippen LogP) is 2.67. The van der Waals surface area contributed by atoms with E-state index in [1.54, 1.807) is 39.0 Å². The molecule has 1 aliphatic rings. The first kappa shape index (κ1) is 18.6. The van der Waals surface area contributed by atoms with Crippen molar-refractivity contribution in [2.75, 3.05) is 13.2 Å². The molecule has 1 heterocycles. The summed E-state index contributed by atoms with van der Waals surface area (Å²) in [4.78, 5) is 22.3. The number of nitrogens with one attached hydrogen (secondary N) is 3. The maximum Gasteiger partial charge on any atom is 0.413 e. The molecular formula is C17H23N3O5. The Morgan fingerprint density at radius 3 is 2.76 bits per heavy atom. The molecule has 2 amide bonds. The zero-order valence-corrected chi connectivity index (χ0v) is 14.5. The van der Waals surface area contributed by atoms with Gasteiger partial charge in [-0.15, -0.1) is 0 Å². The highest BCUT2D eigenvalue weighted by molar-refractivity contribution is 6.04. The van der Waals surface area contributed by atoms with Gasteiger partial charge in [0.1, 0.15) is 17.2 Å². The summed E-state index contributed by atoms with van der Waals surface area (Å²) < 4.78 is 10.7. The Labute approximate surface area is 146 Å². The normalized spacial score (nSPS) is 15.7. The summed E-state index contributed by atoms with van der Waals surface area (Å²) in [6, 6.07) is 5.23. The van der Waals surface area contributed by atoms with Crippen LogP contribution in [0, 0.1) is 5.41 Å². The molecule has 25 heavy (non-hydrogen) atoms. The van der Waals surface area contributed by atoms with Crippen LogP contribution in [0.2, 0.25) is 0 Å². The fourth-order valence-corrected chi connectivity index (χ4v) is 2.50. The van der Waals surface area contributed by atoms with Gasteiger partial charge in [0, 0.05) is 23.6 Å². The second-order valence-electron chi connectivity index (χ2n) is 6.78. The molecule has 0 saturated carbocycles. The molecule has 4 N–H and O–H groups in total. The zero-order chi connectivity index (χ0) is 18.6. The lowest BCUT2D eigenvalue weighted by Gasteiger charge is -2.20. The second-order valence-corrected chi connectivity index (χ2v) is 6.78. The molecule has 0 saturated heterocycles. The Balaban J connectivity index is 2.03. The van der Waals surface area contributed by atoms with E-state index in [1.165, 1.54) is 0 Å². The number of hydrogen-bond donors (Lipinski definition) is 4. The maximum atomic E-state index is 11.8. The minimum atomic E-state index is -1.06. The maximum absolute atomic E-state index is 11.8. The van der Waals surface area contributed by atoms with E-state index in [2.05, 4.69) is 10.6 Å². The number of ether oxygens (including phenoxy) is 2. The number of fused-ring (bicyclic) bond motifs is 1. The van der Waals surface area contributed by atoms with Crippen LogP contribution in [0.1, 0.15) is 44.2 Å². The molecule has 0 aliphatic carbocycles. The number of carbonyl (C=O) groups excluding carboxylic acids is 1. The van der Waals surface area contributed by atoms with Gasteiger partial charge in [0.05, 0.1) is 6.61 Å². The summed E-state index contributed by atoms with van der Waals surface area (Å²) in [5.74, 6) is 0.691. The topological polar surface area (TPSA) is 121 Å². The van der Waals surface area contributed by atoms with Crippen molar-refractivity contribution in [2.24, 2.45) is 0 Å². The lowest BCUT2D eigenvalue weighted by Crippen LogP contribution is -2.36. The van der Waals surface area contributed by atoms with Crippen molar-refractivity contribution >= 4 is 18.0 Å². The first-order valence-electron chi connectivity index (χ1n) is 7.98. The van der Waals surface area contributed by atoms with E-state index in [-0.39, 0.29) is 11.8 Å². The average Bonchev–Trinajstić information content (AvgIpc) is 2.87. The molecule has 8 nitrogen and oxygen atoms in total. The van der Waals surface area contributed by atoms with Crippen molar-refractivity contribution in [3.8, 4) is 5.75 Å². The molecule has 0 bridgehead atoms. The summed E-state index contributed by atoms with van der Waals surface area (Å²) in [7, 11) is 0. The highest BCUT2D eigenvalue weighted by atomic mass is 16.6. The number of amides is 2. The van der Waals surface area contributed by atoms with E-state index in [1.807, 2.05) is 0 Å². The number of carbonyl (C=O) groups is 2. The van der Waals surface area contributed by atoms with Gasteiger partial charge >= 0.3 is 12.2 Å². The Kier molecular flexibility index (Phi) is 5.51. The summed E-state index contributed by atoms with van der Waals surface area (Å²) in [6.45, 7) is 6.03. The molecule has 0 fully saturated rings. The summed E-state index contributed by atoms with van der Waals surface area (Å²) >= 11 is 0. The number of benzene rings is 1. The molecule has 2 rings (SSSR count). The van der Waals surface area contributed by atoms with Gasteiger partial charge in [0.15, 0.2) is 0 Å². The van der Waals surface area contributed by atoms with E-state index < -0.39 is 17.8 Å². The third-order valence-corrected chi connectivity index (χ3v) is 3.57. The molecule has 0 spiro atoms. The standard InChI is InChI=1S/C17H23N3O5/c1-17(2,3)25-16(23)20-14(18)10-4-5-13-12(8-10)11(9-24-13)6-7-19-15(21)22/h4-5,8,11,19H,6-7,9H2,1-3H3,(H,21,22)(H2,18,20,23). The Bertz CT molecular complexity index is 681. The van der Waals surface area contributed by atoms with E-state index in [0.29, 0.717) is 30.9 Å². The van der Waals surface area contributed by atoms with Crippen LogP contribution in [0.25, 0.3) is 0 Å². The van der Waals surface area contributed by atoms with Gasteiger partial charge in [-0.3, -0.25) is 10.7 Å². The molecule has 0 aromatic heterocycles. The number of alkyl carbamates (subject to hydrolysis) is 1. The van der Waals surface area contributed by atoms with Gasteiger partial charge < -0.3 is 19.9 Å². The van der Waals surface area contributed by atoms with E-state index >= 15 is 0 Å². The van der Waals surface area contributed by atoms with Gasteiger partial charge in [-0.1, -0.05) is 0 Å². The van der Waals surface area contributed by atoms with Crippen LogP contribution < -0.4 is 15.4 Å². The van der Waals surface area contributed by atoms with Crippen LogP contribution in [0.3, 0.4) is 0 Å². The van der Waals surface area contributed by atoms with E-state index in [9.17, 15) is 9.59 Å². The second kappa shape index (κ2) is 7.42. The van der Waals surface area contributed by atoms with Crippen molar-refractivity contribution in [3.63, 3.8) is 0 Å². The summed E-state index contributed by atoms with van der Waals surface area (Å²) in [5, 5.41) is 21.4. The van der Waals surface area contributed by atoms with Crippen LogP contribution in [-0.2, 0) is 4.74 Å². The minimum Gasteiger partial charge on any atom is -0.493 e. The fourth-order valence-electron chi connectivity index (χ4n) is 2.50. The third-order valence-electron chi connectivity index (χ3n) is 3.57. The number of hydrogen-bond acceptors (Lipinski definition) is 5. The van der Waals surface area contributed by atoms with Crippen LogP contribution in [0.15, 0.2) is 18.2 Å². The van der Waals surface area contributed by atoms with Gasteiger partial charge in [0.25, 0.3) is 0 Å². The fraction of sp³-hybridized carbons (Fsp3) is 0.471.